The third-order valence-electron chi connectivity index (χ3n) is 5.43. The number of quaternary nitrogens is 1. The Bertz CT molecular complexity index is 621. The van der Waals surface area contributed by atoms with Gasteiger partial charge in [-0.25, -0.2) is 0 Å². The zero-order valence-electron chi connectivity index (χ0n) is 16.2. The molecule has 2 aliphatic rings. The van der Waals surface area contributed by atoms with Crippen LogP contribution < -0.4 is 10.2 Å². The molecule has 0 bridgehead atoms. The molecule has 150 valence electrons. The summed E-state index contributed by atoms with van der Waals surface area (Å²) in [5.41, 5.74) is 0. The number of hydrogen-bond donors (Lipinski definition) is 2. The quantitative estimate of drug-likeness (QED) is 0.709. The second-order valence-corrected chi connectivity index (χ2v) is 7.58. The minimum atomic E-state index is -0.232. The number of anilines is 1. The van der Waals surface area contributed by atoms with Crippen molar-refractivity contribution in [1.29, 1.82) is 0 Å². The Morgan fingerprint density at radius 2 is 2.00 bits per heavy atom. The van der Waals surface area contributed by atoms with Crippen molar-refractivity contribution < 1.29 is 23.7 Å². The number of morpholine rings is 1. The highest BCUT2D eigenvalue weighted by Crippen LogP contribution is 2.25. The van der Waals surface area contributed by atoms with Crippen molar-refractivity contribution in [2.45, 2.75) is 39.0 Å². The second-order valence-electron chi connectivity index (χ2n) is 7.58. The first-order valence-corrected chi connectivity index (χ1v) is 10.0. The number of ether oxygens (including phenoxy) is 1. The van der Waals surface area contributed by atoms with Crippen molar-refractivity contribution in [1.82, 2.24) is 10.1 Å². The fourth-order valence-corrected chi connectivity index (χ4v) is 3.86. The van der Waals surface area contributed by atoms with Gasteiger partial charge in [-0.2, -0.15) is 0 Å². The van der Waals surface area contributed by atoms with E-state index in [0.717, 1.165) is 58.5 Å². The zero-order valence-corrected chi connectivity index (χ0v) is 16.2. The molecule has 1 aromatic heterocycles. The van der Waals surface area contributed by atoms with Crippen molar-refractivity contribution in [3.05, 3.63) is 11.8 Å². The van der Waals surface area contributed by atoms with Crippen molar-refractivity contribution in [3.8, 4) is 0 Å². The number of hydrogen-bond acceptors (Lipinski definition) is 5. The van der Waals surface area contributed by atoms with Gasteiger partial charge in [0.2, 0.25) is 11.8 Å². The van der Waals surface area contributed by atoms with Gasteiger partial charge in [-0.15, -0.1) is 0 Å². The maximum atomic E-state index is 13.0. The van der Waals surface area contributed by atoms with Gasteiger partial charge in [0.1, 0.15) is 25.4 Å². The van der Waals surface area contributed by atoms with Crippen LogP contribution in [0.3, 0.4) is 0 Å². The van der Waals surface area contributed by atoms with Gasteiger partial charge in [-0.1, -0.05) is 24.4 Å². The van der Waals surface area contributed by atoms with E-state index >= 15 is 0 Å². The molecule has 1 aliphatic heterocycles. The molecule has 27 heavy (non-hydrogen) atoms. The summed E-state index contributed by atoms with van der Waals surface area (Å²) < 4.78 is 10.4. The molecule has 1 saturated carbocycles. The molecular formula is C19H31N4O4+. The fourth-order valence-electron chi connectivity index (χ4n) is 3.86. The second kappa shape index (κ2) is 9.85. The van der Waals surface area contributed by atoms with Gasteiger partial charge in [-0.3, -0.25) is 9.59 Å². The van der Waals surface area contributed by atoms with E-state index in [9.17, 15) is 9.59 Å². The summed E-state index contributed by atoms with van der Waals surface area (Å²) in [7, 11) is 0. The number of carbonyl (C=O) groups excluding carboxylic acids is 2. The highest BCUT2D eigenvalue weighted by molar-refractivity contribution is 5.94. The van der Waals surface area contributed by atoms with Crippen LogP contribution in [-0.4, -0.2) is 67.8 Å². The Morgan fingerprint density at radius 3 is 2.67 bits per heavy atom. The van der Waals surface area contributed by atoms with Crippen molar-refractivity contribution in [3.63, 3.8) is 0 Å². The Morgan fingerprint density at radius 1 is 1.26 bits per heavy atom. The van der Waals surface area contributed by atoms with E-state index in [-0.39, 0.29) is 24.3 Å². The van der Waals surface area contributed by atoms with Crippen LogP contribution in [0.15, 0.2) is 10.6 Å². The molecule has 1 aliphatic carbocycles. The molecule has 0 spiro atoms. The highest BCUT2D eigenvalue weighted by atomic mass is 16.5. The largest absolute Gasteiger partial charge is 0.370 e. The van der Waals surface area contributed by atoms with Crippen molar-refractivity contribution in [2.24, 2.45) is 5.92 Å². The predicted octanol–water partition coefficient (Wildman–Crippen LogP) is 0.246. The topological polar surface area (TPSA) is 89.1 Å². The van der Waals surface area contributed by atoms with Crippen LogP contribution in [0.1, 0.15) is 37.9 Å². The average Bonchev–Trinajstić information content (AvgIpc) is 3.10. The first-order valence-electron chi connectivity index (χ1n) is 10.0. The Hall–Kier alpha value is -1.93. The molecule has 3 rings (SSSR count). The Balaban J connectivity index is 1.58. The van der Waals surface area contributed by atoms with E-state index in [1.54, 1.807) is 17.9 Å². The molecule has 0 aromatic carbocycles. The Kier molecular flexibility index (Phi) is 7.23. The molecule has 1 saturated heterocycles. The molecule has 2 amide bonds. The highest BCUT2D eigenvalue weighted by Gasteiger charge is 2.28. The summed E-state index contributed by atoms with van der Waals surface area (Å²) in [6.45, 7) is 6.70. The maximum absolute atomic E-state index is 13.0. The number of aryl methyl sites for hydroxylation is 1. The smallest absolute Gasteiger partial charge is 0.245 e. The molecule has 2 N–H and O–H groups in total. The van der Waals surface area contributed by atoms with E-state index in [0.29, 0.717) is 18.1 Å². The third kappa shape index (κ3) is 6.04. The van der Waals surface area contributed by atoms with Gasteiger partial charge in [0.25, 0.3) is 0 Å². The minimum absolute atomic E-state index is 0.0560. The molecule has 0 unspecified atom stereocenters. The SMILES string of the molecule is Cc1cc(NC(=O)CN(CC[NH+]2CCOCC2)C(=O)C2CCCCC2)no1. The van der Waals surface area contributed by atoms with Crippen LogP contribution in [0.5, 0.6) is 0 Å². The van der Waals surface area contributed by atoms with Crippen LogP contribution in [0.25, 0.3) is 0 Å². The molecule has 0 atom stereocenters. The molecule has 8 nitrogen and oxygen atoms in total. The van der Waals surface area contributed by atoms with E-state index in [2.05, 4.69) is 10.5 Å². The molecule has 1 aromatic rings. The monoisotopic (exact) mass is 379 g/mol. The van der Waals surface area contributed by atoms with Gasteiger partial charge >= 0.3 is 0 Å². The summed E-state index contributed by atoms with van der Waals surface area (Å²) in [5, 5.41) is 6.51. The maximum Gasteiger partial charge on any atom is 0.245 e. The summed E-state index contributed by atoms with van der Waals surface area (Å²) in [6.07, 6.45) is 5.27. The van der Waals surface area contributed by atoms with Gasteiger partial charge in [0, 0.05) is 12.0 Å². The molecule has 8 heteroatoms. The van der Waals surface area contributed by atoms with Crippen molar-refractivity contribution >= 4 is 17.6 Å². The number of amides is 2. The van der Waals surface area contributed by atoms with Crippen LogP contribution in [-0.2, 0) is 14.3 Å². The van der Waals surface area contributed by atoms with E-state index in [1.807, 2.05) is 0 Å². The lowest BCUT2D eigenvalue weighted by atomic mass is 9.88. The number of carbonyl (C=O) groups is 2. The van der Waals surface area contributed by atoms with E-state index in [4.69, 9.17) is 9.26 Å². The van der Waals surface area contributed by atoms with E-state index < -0.39 is 0 Å². The molecule has 2 fully saturated rings. The van der Waals surface area contributed by atoms with Gasteiger partial charge in [-0.05, 0) is 19.8 Å². The number of nitrogens with zero attached hydrogens (tertiary/aromatic N) is 2. The molecular weight excluding hydrogens is 348 g/mol. The summed E-state index contributed by atoms with van der Waals surface area (Å²) in [5.74, 6) is 0.969. The Labute approximate surface area is 160 Å². The molecule has 2 heterocycles. The van der Waals surface area contributed by atoms with Gasteiger partial charge < -0.3 is 24.4 Å². The van der Waals surface area contributed by atoms with Gasteiger partial charge in [0.15, 0.2) is 5.82 Å². The van der Waals surface area contributed by atoms with Gasteiger partial charge in [0.05, 0.1) is 26.3 Å². The normalized spacial score (nSPS) is 19.0. The van der Waals surface area contributed by atoms with E-state index in [1.165, 1.54) is 11.3 Å². The number of nitrogens with one attached hydrogen (secondary N) is 2. The first-order chi connectivity index (χ1) is 13.1. The van der Waals surface area contributed by atoms with Crippen LogP contribution in [0.2, 0.25) is 0 Å². The number of rotatable bonds is 7. The summed E-state index contributed by atoms with van der Waals surface area (Å²) in [6, 6.07) is 1.67. The lowest BCUT2D eigenvalue weighted by Crippen LogP contribution is -3.14. The lowest BCUT2D eigenvalue weighted by Gasteiger charge is -2.31. The molecule has 0 radical (unpaired) electrons. The van der Waals surface area contributed by atoms with Crippen LogP contribution >= 0.6 is 0 Å². The standard InChI is InChI=1S/C19H30N4O4/c1-15-13-17(21-27-15)20-18(24)14-23(8-7-22-9-11-26-12-10-22)19(25)16-5-3-2-4-6-16/h13,16H,2-12,14H2,1H3,(H,20,21,24)/p+1. The summed E-state index contributed by atoms with van der Waals surface area (Å²) >= 11 is 0. The fraction of sp³-hybridized carbons (Fsp3) is 0.737. The lowest BCUT2D eigenvalue weighted by molar-refractivity contribution is -0.907. The average molecular weight is 379 g/mol. The van der Waals surface area contributed by atoms with Crippen LogP contribution in [0.4, 0.5) is 5.82 Å². The third-order valence-corrected chi connectivity index (χ3v) is 5.43. The van der Waals surface area contributed by atoms with Crippen LogP contribution in [0, 0.1) is 12.8 Å². The predicted molar refractivity (Wildman–Crippen MR) is 99.4 cm³/mol. The first kappa shape index (κ1) is 19.8. The minimum Gasteiger partial charge on any atom is -0.370 e. The number of aromatic nitrogens is 1. The summed E-state index contributed by atoms with van der Waals surface area (Å²) in [4.78, 5) is 28.7. The zero-order chi connectivity index (χ0) is 19.1. The van der Waals surface area contributed by atoms with Crippen molar-refractivity contribution in [2.75, 3.05) is 51.3 Å².